The molecule has 1 heteroatoms. The summed E-state index contributed by atoms with van der Waals surface area (Å²) in [6.45, 7) is 7.64. The minimum Gasteiger partial charge on any atom is -0.295 e. The molecular formula is C9H12O. The number of hydrogen-bond acceptors (Lipinski definition) is 1. The van der Waals surface area contributed by atoms with Crippen molar-refractivity contribution in [3.8, 4) is 0 Å². The monoisotopic (exact) mass is 136 g/mol. The maximum absolute atomic E-state index is 11.0. The Kier molecular flexibility index (Phi) is 1.75. The second-order valence-corrected chi connectivity index (χ2v) is 2.93. The summed E-state index contributed by atoms with van der Waals surface area (Å²) >= 11 is 0. The highest BCUT2D eigenvalue weighted by atomic mass is 16.1. The van der Waals surface area contributed by atoms with E-state index in [0.29, 0.717) is 12.3 Å². The summed E-state index contributed by atoms with van der Waals surface area (Å²) in [7, 11) is 0. The molecule has 0 aromatic heterocycles. The summed E-state index contributed by atoms with van der Waals surface area (Å²) in [5.74, 6) is 0.584. The summed E-state index contributed by atoms with van der Waals surface area (Å²) in [6.07, 6.45) is 2.64. The number of ketones is 1. The van der Waals surface area contributed by atoms with Gasteiger partial charge in [-0.2, -0.15) is 0 Å². The highest BCUT2D eigenvalue weighted by molar-refractivity contribution is 5.97. The van der Waals surface area contributed by atoms with E-state index in [2.05, 4.69) is 6.58 Å². The molecule has 0 spiro atoms. The van der Waals surface area contributed by atoms with Gasteiger partial charge in [0.25, 0.3) is 0 Å². The Hall–Kier alpha value is -0.850. The van der Waals surface area contributed by atoms with Gasteiger partial charge >= 0.3 is 0 Å². The Balaban J connectivity index is 2.74. The Labute approximate surface area is 61.4 Å². The maximum atomic E-state index is 11.0. The SMILES string of the molecule is C=C(C)C1C=C(C)C(=O)C1. The Bertz CT molecular complexity index is 211. The van der Waals surface area contributed by atoms with Crippen molar-refractivity contribution in [2.45, 2.75) is 20.3 Å². The lowest BCUT2D eigenvalue weighted by Crippen LogP contribution is -1.97. The van der Waals surface area contributed by atoms with E-state index in [1.165, 1.54) is 0 Å². The van der Waals surface area contributed by atoms with Gasteiger partial charge in [-0.15, -0.1) is 0 Å². The standard InChI is InChI=1S/C9H12O/c1-6(2)8-4-7(3)9(10)5-8/h4,8H,1,5H2,2-3H3. The van der Waals surface area contributed by atoms with E-state index in [1.807, 2.05) is 19.9 Å². The van der Waals surface area contributed by atoms with Crippen molar-refractivity contribution in [1.82, 2.24) is 0 Å². The van der Waals surface area contributed by atoms with Crippen molar-refractivity contribution >= 4 is 5.78 Å². The molecule has 1 aliphatic rings. The number of carbonyl (C=O) groups is 1. The number of carbonyl (C=O) groups excluding carboxylic acids is 1. The lowest BCUT2D eigenvalue weighted by atomic mass is 10.0. The van der Waals surface area contributed by atoms with Crippen molar-refractivity contribution in [2.24, 2.45) is 5.92 Å². The Morgan fingerprint density at radius 2 is 2.40 bits per heavy atom. The molecule has 0 N–H and O–H groups in total. The summed E-state index contributed by atoms with van der Waals surface area (Å²) in [4.78, 5) is 11.0. The van der Waals surface area contributed by atoms with Crippen molar-refractivity contribution < 1.29 is 4.79 Å². The second kappa shape index (κ2) is 2.41. The van der Waals surface area contributed by atoms with Crippen LogP contribution in [0.15, 0.2) is 23.8 Å². The molecule has 1 unspecified atom stereocenters. The van der Waals surface area contributed by atoms with Crippen LogP contribution < -0.4 is 0 Å². The van der Waals surface area contributed by atoms with Gasteiger partial charge < -0.3 is 0 Å². The molecule has 0 saturated heterocycles. The molecular weight excluding hydrogens is 124 g/mol. The van der Waals surface area contributed by atoms with Crippen LogP contribution in [0.3, 0.4) is 0 Å². The molecule has 0 fully saturated rings. The first-order valence-electron chi connectivity index (χ1n) is 3.48. The third-order valence-corrected chi connectivity index (χ3v) is 1.93. The van der Waals surface area contributed by atoms with Gasteiger partial charge in [0, 0.05) is 12.3 Å². The molecule has 1 nitrogen and oxygen atoms in total. The van der Waals surface area contributed by atoms with Crippen LogP contribution in [0.1, 0.15) is 20.3 Å². The van der Waals surface area contributed by atoms with E-state index in [1.54, 1.807) is 0 Å². The van der Waals surface area contributed by atoms with Gasteiger partial charge in [-0.25, -0.2) is 0 Å². The highest BCUT2D eigenvalue weighted by Crippen LogP contribution is 2.25. The first-order valence-corrected chi connectivity index (χ1v) is 3.48. The van der Waals surface area contributed by atoms with Crippen LogP contribution in [0.2, 0.25) is 0 Å². The number of allylic oxidation sites excluding steroid dienone is 3. The fraction of sp³-hybridized carbons (Fsp3) is 0.444. The summed E-state index contributed by atoms with van der Waals surface area (Å²) in [6, 6.07) is 0. The lowest BCUT2D eigenvalue weighted by Gasteiger charge is -2.02. The first kappa shape index (κ1) is 7.26. The van der Waals surface area contributed by atoms with Crippen LogP contribution >= 0.6 is 0 Å². The molecule has 0 saturated carbocycles. The molecule has 0 aromatic rings. The van der Waals surface area contributed by atoms with Gasteiger partial charge in [-0.3, -0.25) is 4.79 Å². The predicted molar refractivity (Wildman–Crippen MR) is 41.7 cm³/mol. The smallest absolute Gasteiger partial charge is 0.159 e. The van der Waals surface area contributed by atoms with Crippen molar-refractivity contribution in [2.75, 3.05) is 0 Å². The predicted octanol–water partition coefficient (Wildman–Crippen LogP) is 2.10. The summed E-state index contributed by atoms with van der Waals surface area (Å²) in [5, 5.41) is 0. The molecule has 54 valence electrons. The third kappa shape index (κ3) is 1.18. The molecule has 0 aromatic carbocycles. The quantitative estimate of drug-likeness (QED) is 0.504. The number of Topliss-reactive ketones (excluding diaryl/α,β-unsaturated/α-hetero) is 1. The highest BCUT2D eigenvalue weighted by Gasteiger charge is 2.20. The second-order valence-electron chi connectivity index (χ2n) is 2.93. The topological polar surface area (TPSA) is 17.1 Å². The summed E-state index contributed by atoms with van der Waals surface area (Å²) in [5.41, 5.74) is 1.98. The van der Waals surface area contributed by atoms with Crippen molar-refractivity contribution in [3.63, 3.8) is 0 Å². The van der Waals surface area contributed by atoms with Gasteiger partial charge in [-0.05, 0) is 19.4 Å². The minimum atomic E-state index is 0.271. The van der Waals surface area contributed by atoms with Crippen LogP contribution in [0.5, 0.6) is 0 Å². The first-order chi connectivity index (χ1) is 4.61. The molecule has 10 heavy (non-hydrogen) atoms. The number of rotatable bonds is 1. The molecule has 1 atom stereocenters. The minimum absolute atomic E-state index is 0.271. The van der Waals surface area contributed by atoms with Gasteiger partial charge in [-0.1, -0.05) is 18.2 Å². The van der Waals surface area contributed by atoms with Crippen molar-refractivity contribution in [1.29, 1.82) is 0 Å². The van der Waals surface area contributed by atoms with Crippen LogP contribution in [0.4, 0.5) is 0 Å². The van der Waals surface area contributed by atoms with E-state index < -0.39 is 0 Å². The van der Waals surface area contributed by atoms with E-state index in [4.69, 9.17) is 0 Å². The zero-order valence-corrected chi connectivity index (χ0v) is 6.48. The third-order valence-electron chi connectivity index (χ3n) is 1.93. The summed E-state index contributed by atoms with van der Waals surface area (Å²) < 4.78 is 0. The number of hydrogen-bond donors (Lipinski definition) is 0. The average molecular weight is 136 g/mol. The van der Waals surface area contributed by atoms with Gasteiger partial charge in [0.15, 0.2) is 5.78 Å². The lowest BCUT2D eigenvalue weighted by molar-refractivity contribution is -0.115. The van der Waals surface area contributed by atoms with Crippen LogP contribution in [-0.4, -0.2) is 5.78 Å². The largest absolute Gasteiger partial charge is 0.295 e. The molecule has 0 amide bonds. The Morgan fingerprint density at radius 1 is 1.80 bits per heavy atom. The zero-order chi connectivity index (χ0) is 7.72. The van der Waals surface area contributed by atoms with Gasteiger partial charge in [0.1, 0.15) is 0 Å². The van der Waals surface area contributed by atoms with Gasteiger partial charge in [0.05, 0.1) is 0 Å². The maximum Gasteiger partial charge on any atom is 0.159 e. The van der Waals surface area contributed by atoms with Crippen molar-refractivity contribution in [3.05, 3.63) is 23.8 Å². The van der Waals surface area contributed by atoms with Crippen LogP contribution in [0.25, 0.3) is 0 Å². The van der Waals surface area contributed by atoms with Crippen LogP contribution in [0, 0.1) is 5.92 Å². The zero-order valence-electron chi connectivity index (χ0n) is 6.48. The molecule has 1 rings (SSSR count). The fourth-order valence-electron chi connectivity index (χ4n) is 1.13. The van der Waals surface area contributed by atoms with Crippen LogP contribution in [-0.2, 0) is 4.79 Å². The molecule has 0 heterocycles. The van der Waals surface area contributed by atoms with E-state index >= 15 is 0 Å². The normalized spacial score (nSPS) is 24.8. The fourth-order valence-corrected chi connectivity index (χ4v) is 1.13. The Morgan fingerprint density at radius 3 is 2.60 bits per heavy atom. The molecule has 0 radical (unpaired) electrons. The van der Waals surface area contributed by atoms with E-state index in [-0.39, 0.29) is 5.78 Å². The van der Waals surface area contributed by atoms with E-state index in [9.17, 15) is 4.79 Å². The van der Waals surface area contributed by atoms with E-state index in [0.717, 1.165) is 11.1 Å². The molecule has 0 aliphatic heterocycles. The average Bonchev–Trinajstić information content (AvgIpc) is 2.13. The molecule has 1 aliphatic carbocycles. The molecule has 0 bridgehead atoms. The van der Waals surface area contributed by atoms with Gasteiger partial charge in [0.2, 0.25) is 0 Å².